The van der Waals surface area contributed by atoms with E-state index in [1.54, 1.807) is 6.07 Å². The summed E-state index contributed by atoms with van der Waals surface area (Å²) in [7, 11) is 0. The summed E-state index contributed by atoms with van der Waals surface area (Å²) >= 11 is 6.05. The van der Waals surface area contributed by atoms with Crippen molar-refractivity contribution in [1.82, 2.24) is 5.32 Å². The summed E-state index contributed by atoms with van der Waals surface area (Å²) in [6.45, 7) is 1.26. The zero-order valence-electron chi connectivity index (χ0n) is 13.0. The van der Waals surface area contributed by atoms with Crippen LogP contribution in [0.25, 0.3) is 0 Å². The summed E-state index contributed by atoms with van der Waals surface area (Å²) in [6.07, 6.45) is 2.16. The molecule has 1 aliphatic heterocycles. The third-order valence-corrected chi connectivity index (χ3v) is 4.58. The molecule has 2 N–H and O–H groups in total. The van der Waals surface area contributed by atoms with Crippen molar-refractivity contribution in [2.75, 3.05) is 13.2 Å². The summed E-state index contributed by atoms with van der Waals surface area (Å²) in [5.41, 5.74) is 2.77. The van der Waals surface area contributed by atoms with Gasteiger partial charge in [0.2, 0.25) is 0 Å². The Balaban J connectivity index is 1.50. The van der Waals surface area contributed by atoms with Crippen molar-refractivity contribution >= 4 is 11.6 Å². The molecule has 2 atom stereocenters. The van der Waals surface area contributed by atoms with Gasteiger partial charge in [-0.2, -0.15) is 0 Å². The Morgan fingerprint density at radius 3 is 2.83 bits per heavy atom. The summed E-state index contributed by atoms with van der Waals surface area (Å²) in [5.74, 6) is 0.620. The standard InChI is InChI=1S/C19H22ClNO2/c20-17-7-3-4-8-19(17)23-13-15(22)9-10-18-16-6-2-1-5-14(16)11-12-21-18/h1-8,15,18,21-22H,9-13H2. The molecule has 23 heavy (non-hydrogen) atoms. The molecule has 0 saturated carbocycles. The number of ether oxygens (including phenoxy) is 1. The van der Waals surface area contributed by atoms with Crippen molar-refractivity contribution < 1.29 is 9.84 Å². The van der Waals surface area contributed by atoms with Gasteiger partial charge in [0.15, 0.2) is 0 Å². The molecule has 1 heterocycles. The molecule has 3 nitrogen and oxygen atoms in total. The predicted molar refractivity (Wildman–Crippen MR) is 93.1 cm³/mol. The number of fused-ring (bicyclic) bond motifs is 1. The van der Waals surface area contributed by atoms with E-state index < -0.39 is 6.10 Å². The van der Waals surface area contributed by atoms with Gasteiger partial charge in [-0.3, -0.25) is 0 Å². The molecule has 0 saturated heterocycles. The summed E-state index contributed by atoms with van der Waals surface area (Å²) < 4.78 is 5.61. The fourth-order valence-corrected chi connectivity index (χ4v) is 3.23. The third kappa shape index (κ3) is 4.25. The molecule has 0 radical (unpaired) electrons. The molecular formula is C19H22ClNO2. The number of halogens is 1. The predicted octanol–water partition coefficient (Wildman–Crippen LogP) is 3.75. The largest absolute Gasteiger partial charge is 0.489 e. The highest BCUT2D eigenvalue weighted by molar-refractivity contribution is 6.32. The van der Waals surface area contributed by atoms with Crippen LogP contribution in [0.1, 0.15) is 30.0 Å². The molecule has 2 aromatic carbocycles. The SMILES string of the molecule is OC(CCC1NCCc2ccccc21)COc1ccccc1Cl. The van der Waals surface area contributed by atoms with E-state index in [-0.39, 0.29) is 6.61 Å². The van der Waals surface area contributed by atoms with Crippen molar-refractivity contribution in [3.63, 3.8) is 0 Å². The van der Waals surface area contributed by atoms with Crippen molar-refractivity contribution in [2.45, 2.75) is 31.4 Å². The van der Waals surface area contributed by atoms with Crippen molar-refractivity contribution in [2.24, 2.45) is 0 Å². The minimum Gasteiger partial charge on any atom is -0.489 e. The van der Waals surface area contributed by atoms with E-state index in [0.717, 1.165) is 19.4 Å². The molecule has 0 aliphatic carbocycles. The van der Waals surface area contributed by atoms with Gasteiger partial charge in [0.25, 0.3) is 0 Å². The average Bonchev–Trinajstić information content (AvgIpc) is 2.59. The highest BCUT2D eigenvalue weighted by Gasteiger charge is 2.20. The second-order valence-corrected chi connectivity index (χ2v) is 6.34. The third-order valence-electron chi connectivity index (χ3n) is 4.27. The van der Waals surface area contributed by atoms with E-state index in [1.807, 2.05) is 18.2 Å². The number of rotatable bonds is 6. The van der Waals surface area contributed by atoms with Crippen LogP contribution in [0, 0.1) is 0 Å². The average molecular weight is 332 g/mol. The molecule has 0 amide bonds. The quantitative estimate of drug-likeness (QED) is 0.847. The molecule has 3 rings (SSSR count). The Morgan fingerprint density at radius 1 is 1.17 bits per heavy atom. The zero-order chi connectivity index (χ0) is 16.1. The van der Waals surface area contributed by atoms with Crippen LogP contribution in [0.3, 0.4) is 0 Å². The number of aliphatic hydroxyl groups is 1. The highest BCUT2D eigenvalue weighted by atomic mass is 35.5. The van der Waals surface area contributed by atoms with Crippen molar-refractivity contribution in [3.8, 4) is 5.75 Å². The molecule has 2 unspecified atom stereocenters. The van der Waals surface area contributed by atoms with Crippen molar-refractivity contribution in [3.05, 3.63) is 64.7 Å². The van der Waals surface area contributed by atoms with Crippen LogP contribution in [0.15, 0.2) is 48.5 Å². The first kappa shape index (κ1) is 16.3. The molecule has 0 fully saturated rings. The van der Waals surface area contributed by atoms with E-state index in [9.17, 15) is 5.11 Å². The van der Waals surface area contributed by atoms with Gasteiger partial charge in [0, 0.05) is 6.04 Å². The van der Waals surface area contributed by atoms with Crippen LogP contribution in [0.4, 0.5) is 0 Å². The lowest BCUT2D eigenvalue weighted by atomic mass is 9.91. The Morgan fingerprint density at radius 2 is 1.96 bits per heavy atom. The topological polar surface area (TPSA) is 41.5 Å². The van der Waals surface area contributed by atoms with E-state index in [4.69, 9.17) is 16.3 Å². The Labute approximate surface area is 142 Å². The van der Waals surface area contributed by atoms with Gasteiger partial charge in [-0.15, -0.1) is 0 Å². The Kier molecular flexibility index (Phi) is 5.55. The minimum absolute atomic E-state index is 0.262. The van der Waals surface area contributed by atoms with Crippen LogP contribution in [0.5, 0.6) is 5.75 Å². The fraction of sp³-hybridized carbons (Fsp3) is 0.368. The van der Waals surface area contributed by atoms with E-state index in [2.05, 4.69) is 29.6 Å². The maximum Gasteiger partial charge on any atom is 0.138 e. The van der Waals surface area contributed by atoms with E-state index in [0.29, 0.717) is 23.2 Å². The Hall–Kier alpha value is -1.55. The lowest BCUT2D eigenvalue weighted by Crippen LogP contribution is -2.31. The van der Waals surface area contributed by atoms with Crippen LogP contribution >= 0.6 is 11.6 Å². The van der Waals surface area contributed by atoms with Crippen LogP contribution in [0.2, 0.25) is 5.02 Å². The Bertz CT molecular complexity index is 647. The van der Waals surface area contributed by atoms with E-state index >= 15 is 0 Å². The number of hydrogen-bond donors (Lipinski definition) is 2. The maximum absolute atomic E-state index is 10.2. The van der Waals surface area contributed by atoms with Crippen molar-refractivity contribution in [1.29, 1.82) is 0 Å². The smallest absolute Gasteiger partial charge is 0.138 e. The highest BCUT2D eigenvalue weighted by Crippen LogP contribution is 2.27. The van der Waals surface area contributed by atoms with Gasteiger partial charge in [-0.25, -0.2) is 0 Å². The zero-order valence-corrected chi connectivity index (χ0v) is 13.8. The van der Waals surface area contributed by atoms with Gasteiger partial charge in [-0.05, 0) is 49.1 Å². The molecule has 122 valence electrons. The first-order valence-electron chi connectivity index (χ1n) is 8.10. The van der Waals surface area contributed by atoms with Gasteiger partial charge in [0.05, 0.1) is 11.1 Å². The van der Waals surface area contributed by atoms with Gasteiger partial charge in [-0.1, -0.05) is 48.0 Å². The van der Waals surface area contributed by atoms with Gasteiger partial charge < -0.3 is 15.2 Å². The lowest BCUT2D eigenvalue weighted by molar-refractivity contribution is 0.0951. The summed E-state index contributed by atoms with van der Waals surface area (Å²) in [5, 5.41) is 14.3. The summed E-state index contributed by atoms with van der Waals surface area (Å²) in [4.78, 5) is 0. The molecule has 0 bridgehead atoms. The lowest BCUT2D eigenvalue weighted by Gasteiger charge is -2.27. The molecule has 0 spiro atoms. The van der Waals surface area contributed by atoms with Crippen LogP contribution < -0.4 is 10.1 Å². The van der Waals surface area contributed by atoms with Gasteiger partial charge in [0.1, 0.15) is 12.4 Å². The molecule has 2 aromatic rings. The second kappa shape index (κ2) is 7.82. The first-order valence-corrected chi connectivity index (χ1v) is 8.48. The van der Waals surface area contributed by atoms with Gasteiger partial charge >= 0.3 is 0 Å². The number of benzene rings is 2. The fourth-order valence-electron chi connectivity index (χ4n) is 3.04. The first-order chi connectivity index (χ1) is 11.2. The van der Waals surface area contributed by atoms with Crippen LogP contribution in [-0.2, 0) is 6.42 Å². The molecule has 0 aromatic heterocycles. The maximum atomic E-state index is 10.2. The molecular weight excluding hydrogens is 310 g/mol. The minimum atomic E-state index is -0.498. The molecule has 4 heteroatoms. The second-order valence-electron chi connectivity index (χ2n) is 5.93. The number of aliphatic hydroxyl groups excluding tert-OH is 1. The number of hydrogen-bond acceptors (Lipinski definition) is 3. The monoisotopic (exact) mass is 331 g/mol. The molecule has 1 aliphatic rings. The summed E-state index contributed by atoms with van der Waals surface area (Å²) in [6, 6.07) is 16.2. The van der Waals surface area contributed by atoms with Crippen LogP contribution in [-0.4, -0.2) is 24.4 Å². The van der Waals surface area contributed by atoms with E-state index in [1.165, 1.54) is 11.1 Å². The number of para-hydroxylation sites is 1. The normalized spacial score (nSPS) is 18.3. The number of nitrogens with one attached hydrogen (secondary N) is 1.